The Hall–Kier alpha value is -1.26. The predicted octanol–water partition coefficient (Wildman–Crippen LogP) is 4.54. The van der Waals surface area contributed by atoms with Gasteiger partial charge < -0.3 is 5.32 Å². The third-order valence-electron chi connectivity index (χ3n) is 3.41. The molecule has 0 aromatic heterocycles. The van der Waals surface area contributed by atoms with Crippen LogP contribution in [0.1, 0.15) is 22.7 Å². The minimum Gasteiger partial charge on any atom is -0.313 e. The molecule has 1 unspecified atom stereocenters. The maximum Gasteiger partial charge on any atom is 0.162 e. The van der Waals surface area contributed by atoms with Gasteiger partial charge in [0.05, 0.1) is 0 Å². The van der Waals surface area contributed by atoms with Gasteiger partial charge in [0.2, 0.25) is 0 Å². The molecule has 2 aromatic carbocycles. The van der Waals surface area contributed by atoms with E-state index in [-0.39, 0.29) is 6.04 Å². The van der Waals surface area contributed by atoms with Gasteiger partial charge in [-0.25, -0.2) is 8.78 Å². The quantitative estimate of drug-likeness (QED) is 0.862. The van der Waals surface area contributed by atoms with Gasteiger partial charge in [-0.1, -0.05) is 34.1 Å². The van der Waals surface area contributed by atoms with Gasteiger partial charge in [-0.3, -0.25) is 0 Å². The molecule has 1 N–H and O–H groups in total. The Morgan fingerprint density at radius 3 is 2.60 bits per heavy atom. The lowest BCUT2D eigenvalue weighted by molar-refractivity contribution is 0.486. The molecule has 4 heteroatoms. The van der Waals surface area contributed by atoms with Gasteiger partial charge in [0.1, 0.15) is 0 Å². The molecule has 0 bridgehead atoms. The first kappa shape index (κ1) is 15.1. The first-order chi connectivity index (χ1) is 9.52. The Balaban J connectivity index is 2.31. The lowest BCUT2D eigenvalue weighted by Crippen LogP contribution is -2.20. The van der Waals surface area contributed by atoms with Crippen molar-refractivity contribution in [2.75, 3.05) is 7.05 Å². The third kappa shape index (κ3) is 3.25. The van der Waals surface area contributed by atoms with Crippen molar-refractivity contribution in [2.45, 2.75) is 19.4 Å². The van der Waals surface area contributed by atoms with Crippen LogP contribution in [0.4, 0.5) is 8.78 Å². The Bertz CT molecular complexity index is 613. The molecule has 0 saturated carbocycles. The fourth-order valence-electron chi connectivity index (χ4n) is 2.32. The number of hydrogen-bond acceptors (Lipinski definition) is 1. The van der Waals surface area contributed by atoms with Gasteiger partial charge >= 0.3 is 0 Å². The number of likely N-dealkylation sites (N-methyl/N-ethyl adjacent to an activating group) is 1. The number of nitrogens with one attached hydrogen (secondary N) is 1. The second-order valence-corrected chi connectivity index (χ2v) is 5.67. The van der Waals surface area contributed by atoms with E-state index in [2.05, 4.69) is 21.2 Å². The SMILES string of the molecule is CNC(Cc1cccc(F)c1F)c1ccc(Br)cc1C. The summed E-state index contributed by atoms with van der Waals surface area (Å²) in [4.78, 5) is 0. The number of aryl methyl sites for hydroxylation is 1. The van der Waals surface area contributed by atoms with Crippen molar-refractivity contribution in [3.8, 4) is 0 Å². The summed E-state index contributed by atoms with van der Waals surface area (Å²) in [6.07, 6.45) is 0.405. The van der Waals surface area contributed by atoms with E-state index in [0.29, 0.717) is 12.0 Å². The van der Waals surface area contributed by atoms with Gasteiger partial charge in [-0.2, -0.15) is 0 Å². The molecule has 0 fully saturated rings. The number of rotatable bonds is 4. The molecular weight excluding hydrogens is 324 g/mol. The van der Waals surface area contributed by atoms with E-state index in [4.69, 9.17) is 0 Å². The van der Waals surface area contributed by atoms with E-state index in [0.717, 1.165) is 21.7 Å². The summed E-state index contributed by atoms with van der Waals surface area (Å²) in [6, 6.07) is 10.2. The Kier molecular flexibility index (Phi) is 4.89. The van der Waals surface area contributed by atoms with Crippen LogP contribution in [0.5, 0.6) is 0 Å². The zero-order chi connectivity index (χ0) is 14.7. The Morgan fingerprint density at radius 2 is 1.95 bits per heavy atom. The zero-order valence-corrected chi connectivity index (χ0v) is 13.0. The molecule has 0 amide bonds. The standard InChI is InChI=1S/C16H16BrF2N/c1-10-8-12(17)6-7-13(10)15(20-2)9-11-4-3-5-14(18)16(11)19/h3-8,15,20H,9H2,1-2H3. The molecule has 0 aliphatic carbocycles. The highest BCUT2D eigenvalue weighted by molar-refractivity contribution is 9.10. The van der Waals surface area contributed by atoms with Crippen molar-refractivity contribution >= 4 is 15.9 Å². The highest BCUT2D eigenvalue weighted by atomic mass is 79.9. The number of benzene rings is 2. The van der Waals surface area contributed by atoms with Crippen LogP contribution in [-0.4, -0.2) is 7.05 Å². The van der Waals surface area contributed by atoms with Gasteiger partial charge in [-0.15, -0.1) is 0 Å². The van der Waals surface area contributed by atoms with Crippen LogP contribution in [-0.2, 0) is 6.42 Å². The number of halogens is 3. The fourth-order valence-corrected chi connectivity index (χ4v) is 2.80. The molecule has 1 nitrogen and oxygen atoms in total. The summed E-state index contributed by atoms with van der Waals surface area (Å²) in [5.41, 5.74) is 2.57. The molecule has 0 heterocycles. The van der Waals surface area contributed by atoms with E-state index in [1.165, 1.54) is 6.07 Å². The van der Waals surface area contributed by atoms with Crippen LogP contribution in [0.15, 0.2) is 40.9 Å². The summed E-state index contributed by atoms with van der Waals surface area (Å²) in [7, 11) is 1.82. The molecule has 2 aromatic rings. The first-order valence-corrected chi connectivity index (χ1v) is 7.18. The van der Waals surface area contributed by atoms with E-state index in [1.807, 2.05) is 32.2 Å². The molecule has 0 aliphatic heterocycles. The molecule has 20 heavy (non-hydrogen) atoms. The van der Waals surface area contributed by atoms with Crippen molar-refractivity contribution in [3.63, 3.8) is 0 Å². The Labute approximate surface area is 126 Å². The zero-order valence-electron chi connectivity index (χ0n) is 11.4. The predicted molar refractivity (Wildman–Crippen MR) is 80.7 cm³/mol. The summed E-state index contributed by atoms with van der Waals surface area (Å²) in [5, 5.41) is 3.17. The highest BCUT2D eigenvalue weighted by Gasteiger charge is 2.16. The van der Waals surface area contributed by atoms with Crippen LogP contribution in [0.25, 0.3) is 0 Å². The molecule has 0 radical (unpaired) electrons. The summed E-state index contributed by atoms with van der Waals surface area (Å²) < 4.78 is 28.0. The molecule has 2 rings (SSSR count). The van der Waals surface area contributed by atoms with Gasteiger partial charge in [0.25, 0.3) is 0 Å². The van der Waals surface area contributed by atoms with E-state index >= 15 is 0 Å². The second-order valence-electron chi connectivity index (χ2n) is 4.76. The van der Waals surface area contributed by atoms with Crippen LogP contribution in [0.2, 0.25) is 0 Å². The van der Waals surface area contributed by atoms with Crippen molar-refractivity contribution < 1.29 is 8.78 Å². The summed E-state index contributed by atoms with van der Waals surface area (Å²) >= 11 is 3.43. The van der Waals surface area contributed by atoms with Crippen LogP contribution < -0.4 is 5.32 Å². The monoisotopic (exact) mass is 339 g/mol. The largest absolute Gasteiger partial charge is 0.313 e. The average molecular weight is 340 g/mol. The highest BCUT2D eigenvalue weighted by Crippen LogP contribution is 2.25. The van der Waals surface area contributed by atoms with Crippen LogP contribution >= 0.6 is 15.9 Å². The average Bonchev–Trinajstić information content (AvgIpc) is 2.41. The van der Waals surface area contributed by atoms with Crippen LogP contribution in [0.3, 0.4) is 0 Å². The minimum atomic E-state index is -0.801. The van der Waals surface area contributed by atoms with Gasteiger partial charge in [-0.05, 0) is 55.3 Å². The number of hydrogen-bond donors (Lipinski definition) is 1. The normalized spacial score (nSPS) is 12.4. The minimum absolute atomic E-state index is 0.0561. The molecule has 0 spiro atoms. The van der Waals surface area contributed by atoms with Crippen molar-refractivity contribution in [1.82, 2.24) is 5.32 Å². The Morgan fingerprint density at radius 1 is 1.20 bits per heavy atom. The maximum atomic E-state index is 13.8. The molecular formula is C16H16BrF2N. The topological polar surface area (TPSA) is 12.0 Å². The van der Waals surface area contributed by atoms with Gasteiger partial charge in [0, 0.05) is 10.5 Å². The van der Waals surface area contributed by atoms with Crippen LogP contribution in [0, 0.1) is 18.6 Å². The summed E-state index contributed by atoms with van der Waals surface area (Å²) in [6.45, 7) is 2.01. The molecule has 1 atom stereocenters. The van der Waals surface area contributed by atoms with Gasteiger partial charge in [0.15, 0.2) is 11.6 Å². The summed E-state index contributed by atoms with van der Waals surface area (Å²) in [5.74, 6) is -1.56. The lowest BCUT2D eigenvalue weighted by atomic mass is 9.95. The smallest absolute Gasteiger partial charge is 0.162 e. The third-order valence-corrected chi connectivity index (χ3v) is 3.90. The lowest BCUT2D eigenvalue weighted by Gasteiger charge is -2.19. The van der Waals surface area contributed by atoms with Crippen molar-refractivity contribution in [2.24, 2.45) is 0 Å². The van der Waals surface area contributed by atoms with E-state index < -0.39 is 11.6 Å². The van der Waals surface area contributed by atoms with Crippen molar-refractivity contribution in [3.05, 3.63) is 69.2 Å². The maximum absolute atomic E-state index is 13.8. The molecule has 0 saturated heterocycles. The van der Waals surface area contributed by atoms with E-state index in [1.54, 1.807) is 6.07 Å². The molecule has 0 aliphatic rings. The second kappa shape index (κ2) is 6.46. The first-order valence-electron chi connectivity index (χ1n) is 6.39. The molecule has 106 valence electrons. The van der Waals surface area contributed by atoms with Crippen molar-refractivity contribution in [1.29, 1.82) is 0 Å². The fraction of sp³-hybridized carbons (Fsp3) is 0.250. The van der Waals surface area contributed by atoms with E-state index in [9.17, 15) is 8.78 Å².